The normalized spacial score (nSPS) is 12.4. The van der Waals surface area contributed by atoms with Crippen LogP contribution in [-0.2, 0) is 9.59 Å². The Hall–Kier alpha value is -1.32. The van der Waals surface area contributed by atoms with E-state index in [1.165, 1.54) is 0 Å². The minimum Gasteiger partial charge on any atom is -0.352 e. The SMILES string of the molecule is C=C(C)C(=O)N[C@H](CC(C)C)C(=O)NC(CC)CC. The number of carbonyl (C=O) groups is 2. The molecule has 0 spiro atoms. The molecule has 4 heteroatoms. The van der Waals surface area contributed by atoms with Crippen LogP contribution >= 0.6 is 0 Å². The lowest BCUT2D eigenvalue weighted by Gasteiger charge is -2.23. The molecule has 0 radical (unpaired) electrons. The van der Waals surface area contributed by atoms with Crippen LogP contribution in [0.25, 0.3) is 0 Å². The molecule has 1 atom stereocenters. The molecule has 110 valence electrons. The third kappa shape index (κ3) is 6.99. The summed E-state index contributed by atoms with van der Waals surface area (Å²) >= 11 is 0. The molecule has 0 fully saturated rings. The molecule has 0 aliphatic rings. The van der Waals surface area contributed by atoms with Crippen LogP contribution < -0.4 is 10.6 Å². The number of hydrogen-bond donors (Lipinski definition) is 2. The van der Waals surface area contributed by atoms with Crippen LogP contribution in [0.3, 0.4) is 0 Å². The average molecular weight is 268 g/mol. The van der Waals surface area contributed by atoms with E-state index < -0.39 is 6.04 Å². The van der Waals surface area contributed by atoms with Crippen LogP contribution in [0, 0.1) is 5.92 Å². The van der Waals surface area contributed by atoms with Crippen LogP contribution in [0.2, 0.25) is 0 Å². The zero-order valence-electron chi connectivity index (χ0n) is 12.9. The second-order valence-corrected chi connectivity index (χ2v) is 5.46. The van der Waals surface area contributed by atoms with Crippen LogP contribution in [0.1, 0.15) is 53.9 Å². The minimum absolute atomic E-state index is 0.1000. The summed E-state index contributed by atoms with van der Waals surface area (Å²) in [5.41, 5.74) is 0.420. The lowest BCUT2D eigenvalue weighted by Crippen LogP contribution is -2.50. The maximum absolute atomic E-state index is 12.2. The predicted octanol–water partition coefficient (Wildman–Crippen LogP) is 2.40. The molecule has 0 aliphatic heterocycles. The molecule has 0 aromatic carbocycles. The monoisotopic (exact) mass is 268 g/mol. The molecule has 0 unspecified atom stereocenters. The lowest BCUT2D eigenvalue weighted by molar-refractivity contribution is -0.128. The van der Waals surface area contributed by atoms with Crippen molar-refractivity contribution < 1.29 is 9.59 Å². The van der Waals surface area contributed by atoms with Crippen molar-refractivity contribution in [3.8, 4) is 0 Å². The number of hydrogen-bond acceptors (Lipinski definition) is 2. The fourth-order valence-electron chi connectivity index (χ4n) is 1.78. The van der Waals surface area contributed by atoms with Crippen LogP contribution in [0.15, 0.2) is 12.2 Å². The standard InChI is InChI=1S/C15H28N2O2/c1-7-12(8-2)16-15(19)13(9-10(3)4)17-14(18)11(5)6/h10,12-13H,5,7-9H2,1-4,6H3,(H,16,19)(H,17,18)/t13-/m1/s1. The summed E-state index contributed by atoms with van der Waals surface area (Å²) in [5.74, 6) is -0.0229. The van der Waals surface area contributed by atoms with Crippen molar-refractivity contribution in [1.82, 2.24) is 10.6 Å². The fraction of sp³-hybridized carbons (Fsp3) is 0.733. The predicted molar refractivity (Wildman–Crippen MR) is 78.7 cm³/mol. The van der Waals surface area contributed by atoms with E-state index in [0.29, 0.717) is 17.9 Å². The molecule has 19 heavy (non-hydrogen) atoms. The molecule has 2 N–H and O–H groups in total. The number of nitrogens with one attached hydrogen (secondary N) is 2. The van der Waals surface area contributed by atoms with E-state index in [1.807, 2.05) is 27.7 Å². The van der Waals surface area contributed by atoms with Crippen LogP contribution in [-0.4, -0.2) is 23.9 Å². The number of amides is 2. The van der Waals surface area contributed by atoms with Gasteiger partial charge in [-0.05, 0) is 32.1 Å². The highest BCUT2D eigenvalue weighted by Crippen LogP contribution is 2.07. The van der Waals surface area contributed by atoms with Crippen molar-refractivity contribution >= 4 is 11.8 Å². The van der Waals surface area contributed by atoms with E-state index in [4.69, 9.17) is 0 Å². The van der Waals surface area contributed by atoms with Crippen molar-refractivity contribution in [2.24, 2.45) is 5.92 Å². The topological polar surface area (TPSA) is 58.2 Å². The molecule has 0 aliphatic carbocycles. The molecule has 2 amide bonds. The van der Waals surface area contributed by atoms with Crippen molar-refractivity contribution in [3.05, 3.63) is 12.2 Å². The summed E-state index contributed by atoms with van der Waals surface area (Å²) in [7, 11) is 0. The van der Waals surface area contributed by atoms with Gasteiger partial charge in [0.15, 0.2) is 0 Å². The van der Waals surface area contributed by atoms with E-state index in [-0.39, 0.29) is 17.9 Å². The highest BCUT2D eigenvalue weighted by atomic mass is 16.2. The highest BCUT2D eigenvalue weighted by molar-refractivity contribution is 5.96. The minimum atomic E-state index is -0.482. The second-order valence-electron chi connectivity index (χ2n) is 5.46. The third-order valence-electron chi connectivity index (χ3n) is 3.05. The van der Waals surface area contributed by atoms with Gasteiger partial charge >= 0.3 is 0 Å². The van der Waals surface area contributed by atoms with Crippen molar-refractivity contribution in [1.29, 1.82) is 0 Å². The van der Waals surface area contributed by atoms with E-state index in [0.717, 1.165) is 12.8 Å². The summed E-state index contributed by atoms with van der Waals surface area (Å²) in [5, 5.41) is 5.73. The maximum Gasteiger partial charge on any atom is 0.246 e. The Balaban J connectivity index is 4.68. The van der Waals surface area contributed by atoms with Crippen molar-refractivity contribution in [2.75, 3.05) is 0 Å². The van der Waals surface area contributed by atoms with Gasteiger partial charge < -0.3 is 10.6 Å². The second kappa shape index (κ2) is 8.73. The fourth-order valence-corrected chi connectivity index (χ4v) is 1.78. The molecule has 0 saturated heterocycles. The van der Waals surface area contributed by atoms with Crippen LogP contribution in [0.5, 0.6) is 0 Å². The first-order chi connectivity index (χ1) is 8.81. The summed E-state index contributed by atoms with van der Waals surface area (Å²) in [6.07, 6.45) is 2.42. The largest absolute Gasteiger partial charge is 0.352 e. The Morgan fingerprint density at radius 3 is 2.00 bits per heavy atom. The van der Waals surface area contributed by atoms with Gasteiger partial charge in [-0.1, -0.05) is 34.3 Å². The van der Waals surface area contributed by atoms with Gasteiger partial charge in [0, 0.05) is 11.6 Å². The number of rotatable bonds is 8. The van der Waals surface area contributed by atoms with Gasteiger partial charge in [0.25, 0.3) is 0 Å². The molecule has 0 saturated carbocycles. The first-order valence-corrected chi connectivity index (χ1v) is 7.08. The zero-order chi connectivity index (χ0) is 15.0. The summed E-state index contributed by atoms with van der Waals surface area (Å²) < 4.78 is 0. The Bertz CT molecular complexity index is 320. The highest BCUT2D eigenvalue weighted by Gasteiger charge is 2.23. The van der Waals surface area contributed by atoms with E-state index in [1.54, 1.807) is 6.92 Å². The van der Waals surface area contributed by atoms with Gasteiger partial charge in [0.05, 0.1) is 0 Å². The van der Waals surface area contributed by atoms with Crippen LogP contribution in [0.4, 0.5) is 0 Å². The van der Waals surface area contributed by atoms with Gasteiger partial charge in [-0.15, -0.1) is 0 Å². The summed E-state index contributed by atoms with van der Waals surface area (Å²) in [6.45, 7) is 13.4. The molecule has 0 heterocycles. The van der Waals surface area contributed by atoms with Gasteiger partial charge in [-0.3, -0.25) is 9.59 Å². The van der Waals surface area contributed by atoms with Gasteiger partial charge in [0.2, 0.25) is 11.8 Å². The Morgan fingerprint density at radius 1 is 1.11 bits per heavy atom. The molecular weight excluding hydrogens is 240 g/mol. The smallest absolute Gasteiger partial charge is 0.246 e. The average Bonchev–Trinajstić information content (AvgIpc) is 2.33. The molecule has 0 bridgehead atoms. The molecule has 0 aromatic heterocycles. The Morgan fingerprint density at radius 2 is 1.63 bits per heavy atom. The van der Waals surface area contributed by atoms with Gasteiger partial charge in [-0.2, -0.15) is 0 Å². The maximum atomic E-state index is 12.2. The van der Waals surface area contributed by atoms with E-state index in [2.05, 4.69) is 17.2 Å². The molecular formula is C15H28N2O2. The van der Waals surface area contributed by atoms with Gasteiger partial charge in [-0.25, -0.2) is 0 Å². The van der Waals surface area contributed by atoms with Crippen molar-refractivity contribution in [2.45, 2.75) is 66.0 Å². The van der Waals surface area contributed by atoms with E-state index >= 15 is 0 Å². The Kier molecular flexibility index (Phi) is 8.12. The zero-order valence-corrected chi connectivity index (χ0v) is 12.9. The first kappa shape index (κ1) is 17.7. The third-order valence-corrected chi connectivity index (χ3v) is 3.05. The quantitative estimate of drug-likeness (QED) is 0.664. The van der Waals surface area contributed by atoms with Gasteiger partial charge in [0.1, 0.15) is 6.04 Å². The molecule has 4 nitrogen and oxygen atoms in total. The van der Waals surface area contributed by atoms with Crippen molar-refractivity contribution in [3.63, 3.8) is 0 Å². The summed E-state index contributed by atoms with van der Waals surface area (Å²) in [4.78, 5) is 23.9. The summed E-state index contributed by atoms with van der Waals surface area (Å²) in [6, 6.07) is -0.311. The molecule has 0 aromatic rings. The lowest BCUT2D eigenvalue weighted by atomic mass is 10.0. The molecule has 0 rings (SSSR count). The van der Waals surface area contributed by atoms with E-state index in [9.17, 15) is 9.59 Å². The number of carbonyl (C=O) groups excluding carboxylic acids is 2. The Labute approximate surface area is 117 Å². The first-order valence-electron chi connectivity index (χ1n) is 7.08.